The zero-order valence-electron chi connectivity index (χ0n) is 13.3. The average Bonchev–Trinajstić information content (AvgIpc) is 2.94. The number of halogens is 2. The van der Waals surface area contributed by atoms with Crippen molar-refractivity contribution >= 4 is 65.7 Å². The first-order valence-electron chi connectivity index (χ1n) is 7.69. The molecule has 0 N–H and O–H groups in total. The van der Waals surface area contributed by atoms with E-state index in [1.54, 1.807) is 6.07 Å². The van der Waals surface area contributed by atoms with Crippen molar-refractivity contribution in [2.75, 3.05) is 3.11 Å². The van der Waals surface area contributed by atoms with Crippen molar-refractivity contribution in [2.45, 2.75) is 13.8 Å². The largest absolute Gasteiger partial charge is 0.281 e. The fraction of sp³-hybridized carbons (Fsp3) is 0.100. The van der Waals surface area contributed by atoms with E-state index < -0.39 is 0 Å². The molecular formula is C20H15FINS. The standard InChI is InChI=1S/C20H15FINS/c1-12-9-10-17(13(2)11-12)23(22)18-8-4-6-15-14-5-3-7-16(21)19(14)24-20(15)18/h3-11H,1-2H3. The van der Waals surface area contributed by atoms with Crippen molar-refractivity contribution in [2.24, 2.45) is 0 Å². The number of fused-ring (bicyclic) bond motifs is 3. The van der Waals surface area contributed by atoms with Gasteiger partial charge in [0.1, 0.15) is 5.82 Å². The van der Waals surface area contributed by atoms with Gasteiger partial charge in [-0.25, -0.2) is 4.39 Å². The van der Waals surface area contributed by atoms with Crippen molar-refractivity contribution in [3.8, 4) is 0 Å². The Labute approximate surface area is 158 Å². The van der Waals surface area contributed by atoms with Crippen LogP contribution in [-0.2, 0) is 0 Å². The fourth-order valence-electron chi connectivity index (χ4n) is 3.08. The van der Waals surface area contributed by atoms with Gasteiger partial charge in [-0.3, -0.25) is 3.11 Å². The van der Waals surface area contributed by atoms with Gasteiger partial charge in [-0.1, -0.05) is 42.0 Å². The van der Waals surface area contributed by atoms with Crippen molar-refractivity contribution in [3.05, 3.63) is 71.5 Å². The maximum Gasteiger partial charge on any atom is 0.141 e. The summed E-state index contributed by atoms with van der Waals surface area (Å²) in [4.78, 5) is 0. The van der Waals surface area contributed by atoms with Crippen LogP contribution in [0.25, 0.3) is 20.2 Å². The Kier molecular flexibility index (Phi) is 3.96. The number of rotatable bonds is 2. The number of benzene rings is 3. The van der Waals surface area contributed by atoms with Crippen LogP contribution in [0.2, 0.25) is 0 Å². The lowest BCUT2D eigenvalue weighted by Crippen LogP contribution is -2.03. The summed E-state index contributed by atoms with van der Waals surface area (Å²) in [6.45, 7) is 4.22. The molecule has 0 bridgehead atoms. The van der Waals surface area contributed by atoms with Crippen LogP contribution in [0.1, 0.15) is 11.1 Å². The molecule has 0 saturated heterocycles. The predicted octanol–water partition coefficient (Wildman–Crippen LogP) is 7.30. The highest BCUT2D eigenvalue weighted by Gasteiger charge is 2.16. The van der Waals surface area contributed by atoms with Crippen LogP contribution in [0.4, 0.5) is 15.8 Å². The van der Waals surface area contributed by atoms with Crippen LogP contribution >= 0.6 is 34.2 Å². The molecule has 24 heavy (non-hydrogen) atoms. The van der Waals surface area contributed by atoms with E-state index >= 15 is 0 Å². The van der Waals surface area contributed by atoms with Gasteiger partial charge in [0.25, 0.3) is 0 Å². The van der Waals surface area contributed by atoms with Gasteiger partial charge < -0.3 is 0 Å². The molecule has 0 aliphatic rings. The van der Waals surface area contributed by atoms with E-state index in [0.29, 0.717) is 0 Å². The molecule has 4 heteroatoms. The molecule has 0 spiro atoms. The maximum atomic E-state index is 14.2. The third-order valence-electron chi connectivity index (χ3n) is 4.23. The van der Waals surface area contributed by atoms with Gasteiger partial charge in [0.05, 0.1) is 43.6 Å². The second kappa shape index (κ2) is 6.01. The van der Waals surface area contributed by atoms with E-state index in [1.807, 2.05) is 12.1 Å². The number of anilines is 2. The summed E-state index contributed by atoms with van der Waals surface area (Å²) in [5.41, 5.74) is 4.74. The maximum absolute atomic E-state index is 14.2. The highest BCUT2D eigenvalue weighted by Crippen LogP contribution is 2.44. The lowest BCUT2D eigenvalue weighted by molar-refractivity contribution is 0.642. The quantitative estimate of drug-likeness (QED) is 0.230. The normalized spacial score (nSPS) is 11.3. The second-order valence-electron chi connectivity index (χ2n) is 5.94. The Hall–Kier alpha value is -1.66. The van der Waals surface area contributed by atoms with E-state index in [2.05, 4.69) is 70.2 Å². The Morgan fingerprint density at radius 1 is 0.875 bits per heavy atom. The highest BCUT2D eigenvalue weighted by atomic mass is 127. The topological polar surface area (TPSA) is 3.24 Å². The molecule has 0 atom stereocenters. The molecule has 0 aliphatic heterocycles. The third-order valence-corrected chi connectivity index (χ3v) is 6.52. The van der Waals surface area contributed by atoms with Crippen molar-refractivity contribution in [1.29, 1.82) is 0 Å². The SMILES string of the molecule is Cc1ccc(N(I)c2cccc3c2sc2c(F)cccc23)c(C)c1. The van der Waals surface area contributed by atoms with Gasteiger partial charge in [0, 0.05) is 10.8 Å². The van der Waals surface area contributed by atoms with Crippen molar-refractivity contribution < 1.29 is 4.39 Å². The van der Waals surface area contributed by atoms with Crippen molar-refractivity contribution in [3.63, 3.8) is 0 Å². The second-order valence-corrected chi connectivity index (χ2v) is 7.93. The van der Waals surface area contributed by atoms with Crippen LogP contribution in [0.15, 0.2) is 54.6 Å². The molecule has 0 unspecified atom stereocenters. The lowest BCUT2D eigenvalue weighted by atomic mass is 10.1. The molecule has 1 heterocycles. The molecule has 1 nitrogen and oxygen atoms in total. The summed E-state index contributed by atoms with van der Waals surface area (Å²) < 4.78 is 18.2. The average molecular weight is 447 g/mol. The summed E-state index contributed by atoms with van der Waals surface area (Å²) in [6, 6.07) is 18.0. The fourth-order valence-corrected chi connectivity index (χ4v) is 5.40. The van der Waals surface area contributed by atoms with Gasteiger partial charge in [-0.15, -0.1) is 11.3 Å². The number of aryl methyl sites for hydroxylation is 2. The van der Waals surface area contributed by atoms with E-state index in [-0.39, 0.29) is 5.82 Å². The Morgan fingerprint density at radius 3 is 2.33 bits per heavy atom. The molecule has 4 rings (SSSR count). The van der Waals surface area contributed by atoms with Crippen LogP contribution in [0.5, 0.6) is 0 Å². The number of hydrogen-bond acceptors (Lipinski definition) is 2. The van der Waals surface area contributed by atoms with E-state index in [0.717, 1.165) is 31.5 Å². The minimum atomic E-state index is -0.147. The minimum absolute atomic E-state index is 0.147. The first-order valence-corrected chi connectivity index (χ1v) is 9.47. The summed E-state index contributed by atoms with van der Waals surface area (Å²) in [6.07, 6.45) is 0. The zero-order valence-corrected chi connectivity index (χ0v) is 16.3. The monoisotopic (exact) mass is 447 g/mol. The first-order chi connectivity index (χ1) is 11.6. The number of hydrogen-bond donors (Lipinski definition) is 0. The molecule has 1 aromatic heterocycles. The van der Waals surface area contributed by atoms with E-state index in [9.17, 15) is 4.39 Å². The van der Waals surface area contributed by atoms with E-state index in [1.165, 1.54) is 28.5 Å². The smallest absolute Gasteiger partial charge is 0.141 e. The lowest BCUT2D eigenvalue weighted by Gasteiger charge is -2.20. The molecule has 4 aromatic rings. The van der Waals surface area contributed by atoms with Crippen LogP contribution in [-0.4, -0.2) is 0 Å². The summed E-state index contributed by atoms with van der Waals surface area (Å²) in [7, 11) is 0. The van der Waals surface area contributed by atoms with Crippen LogP contribution in [0, 0.1) is 19.7 Å². The Morgan fingerprint density at radius 2 is 1.58 bits per heavy atom. The van der Waals surface area contributed by atoms with Crippen molar-refractivity contribution in [1.82, 2.24) is 0 Å². The van der Waals surface area contributed by atoms with Gasteiger partial charge in [0.15, 0.2) is 0 Å². The molecule has 0 fully saturated rings. The van der Waals surface area contributed by atoms with Gasteiger partial charge >= 0.3 is 0 Å². The molecule has 0 radical (unpaired) electrons. The van der Waals surface area contributed by atoms with Crippen LogP contribution in [0.3, 0.4) is 0 Å². The predicted molar refractivity (Wildman–Crippen MR) is 111 cm³/mol. The molecule has 3 aromatic carbocycles. The summed E-state index contributed by atoms with van der Waals surface area (Å²) >= 11 is 3.86. The van der Waals surface area contributed by atoms with Crippen LogP contribution < -0.4 is 3.11 Å². The molecule has 0 aliphatic carbocycles. The summed E-state index contributed by atoms with van der Waals surface area (Å²) in [5.74, 6) is -0.147. The highest BCUT2D eigenvalue weighted by molar-refractivity contribution is 14.1. The number of thiophene rings is 1. The molecular weight excluding hydrogens is 432 g/mol. The Bertz CT molecular complexity index is 1070. The van der Waals surface area contributed by atoms with Gasteiger partial charge in [-0.05, 0) is 37.6 Å². The van der Waals surface area contributed by atoms with Gasteiger partial charge in [0.2, 0.25) is 0 Å². The molecule has 0 amide bonds. The number of nitrogens with zero attached hydrogens (tertiary/aromatic N) is 1. The molecule has 120 valence electrons. The minimum Gasteiger partial charge on any atom is -0.281 e. The zero-order chi connectivity index (χ0) is 16.8. The summed E-state index contributed by atoms with van der Waals surface area (Å²) in [5, 5.41) is 2.10. The third kappa shape index (κ3) is 2.48. The molecule has 0 saturated carbocycles. The Balaban J connectivity index is 1.96. The van der Waals surface area contributed by atoms with Gasteiger partial charge in [-0.2, -0.15) is 0 Å². The first kappa shape index (κ1) is 15.8. The van der Waals surface area contributed by atoms with E-state index in [4.69, 9.17) is 0 Å².